The lowest BCUT2D eigenvalue weighted by atomic mass is 9.82. The molecule has 242 valence electrons. The van der Waals surface area contributed by atoms with Gasteiger partial charge < -0.3 is 0 Å². The van der Waals surface area contributed by atoms with Gasteiger partial charge in [0.2, 0.25) is 0 Å². The van der Waals surface area contributed by atoms with Gasteiger partial charge in [0.05, 0.1) is 0 Å². The van der Waals surface area contributed by atoms with Crippen LogP contribution in [0.25, 0.3) is 131 Å². The number of hydrogen-bond acceptors (Lipinski definition) is 0. The van der Waals surface area contributed by atoms with E-state index >= 15 is 0 Å². The summed E-state index contributed by atoms with van der Waals surface area (Å²) < 4.78 is 0. The van der Waals surface area contributed by atoms with Gasteiger partial charge in [0, 0.05) is 0 Å². The molecule has 0 radical (unpaired) electrons. The summed E-state index contributed by atoms with van der Waals surface area (Å²) in [5.74, 6) is 0. The molecule has 0 spiro atoms. The number of fused-ring (bicyclic) bond motifs is 11. The first kappa shape index (κ1) is 27.9. The standard InChI is InChI=1S/C53H30/c1-29-11-5-7-15-32(29)47-35-18-10-9-17-34(35)45(31-13-3-2-4-14-31)52-43-27-24-41-39-23-26-42-46-33-16-8-6-12-30(33)19-20-36(46)37-21-22-38(48(39)50(37)42)40-25-28-44(53(47)52)51(43)49(40)41/h2-28H,1H3. The van der Waals surface area contributed by atoms with Gasteiger partial charge in [-0.25, -0.2) is 0 Å². The smallest absolute Gasteiger partial charge is 0.000730 e. The normalized spacial score (nSPS) is 12.6. The summed E-state index contributed by atoms with van der Waals surface area (Å²) >= 11 is 0. The molecule has 0 atom stereocenters. The number of aryl methyl sites for hydroxylation is 1. The van der Waals surface area contributed by atoms with Crippen LogP contribution in [0.1, 0.15) is 5.56 Å². The molecule has 13 rings (SSSR count). The Labute approximate surface area is 306 Å². The monoisotopic (exact) mass is 666 g/mol. The lowest BCUT2D eigenvalue weighted by Gasteiger charge is -2.21. The van der Waals surface area contributed by atoms with Crippen molar-refractivity contribution in [1.29, 1.82) is 0 Å². The van der Waals surface area contributed by atoms with Crippen molar-refractivity contribution >= 4 is 64.6 Å². The molecule has 11 aromatic carbocycles. The van der Waals surface area contributed by atoms with Crippen LogP contribution in [0.4, 0.5) is 0 Å². The van der Waals surface area contributed by atoms with Crippen molar-refractivity contribution in [2.75, 3.05) is 0 Å². The zero-order chi connectivity index (χ0) is 34.5. The van der Waals surface area contributed by atoms with Gasteiger partial charge in [0.25, 0.3) is 0 Å². The van der Waals surface area contributed by atoms with Crippen LogP contribution in [0.15, 0.2) is 164 Å². The van der Waals surface area contributed by atoms with Crippen LogP contribution in [0.3, 0.4) is 0 Å². The number of hydrogen-bond donors (Lipinski definition) is 0. The fourth-order valence-corrected chi connectivity index (χ4v) is 10.5. The van der Waals surface area contributed by atoms with E-state index in [-0.39, 0.29) is 0 Å². The van der Waals surface area contributed by atoms with E-state index in [1.54, 1.807) is 0 Å². The van der Waals surface area contributed by atoms with Gasteiger partial charge in [0.1, 0.15) is 0 Å². The van der Waals surface area contributed by atoms with Gasteiger partial charge >= 0.3 is 0 Å². The van der Waals surface area contributed by atoms with Crippen LogP contribution in [-0.4, -0.2) is 0 Å². The topological polar surface area (TPSA) is 0 Å². The van der Waals surface area contributed by atoms with E-state index in [4.69, 9.17) is 0 Å². The van der Waals surface area contributed by atoms with Crippen molar-refractivity contribution in [2.24, 2.45) is 0 Å². The molecule has 0 N–H and O–H groups in total. The summed E-state index contributed by atoms with van der Waals surface area (Å²) in [4.78, 5) is 0. The molecule has 0 fully saturated rings. The predicted molar refractivity (Wildman–Crippen MR) is 227 cm³/mol. The Morgan fingerprint density at radius 1 is 0.245 bits per heavy atom. The number of benzene rings is 11. The Hall–Kier alpha value is -6.76. The first-order valence-electron chi connectivity index (χ1n) is 18.7. The Balaban J connectivity index is 1.20. The average Bonchev–Trinajstić information content (AvgIpc) is 3.73. The Kier molecular flexibility index (Phi) is 5.14. The van der Waals surface area contributed by atoms with Crippen molar-refractivity contribution in [3.63, 3.8) is 0 Å². The molecule has 0 unspecified atom stereocenters. The SMILES string of the molecule is Cc1ccccc1-c1c2c(c(-c3ccccc3)c3ccccc13)-c1ccc3c4ccc5c6c(ccc(c7ccc-2c1c73)c64)-c1ccc2ccccc2c1-5. The zero-order valence-corrected chi connectivity index (χ0v) is 29.1. The predicted octanol–water partition coefficient (Wildman–Crippen LogP) is 15.0. The molecule has 53 heavy (non-hydrogen) atoms. The quantitative estimate of drug-likeness (QED) is 0.127. The fourth-order valence-electron chi connectivity index (χ4n) is 10.5. The molecular formula is C53H30. The molecule has 0 aliphatic heterocycles. The highest BCUT2D eigenvalue weighted by Crippen LogP contribution is 2.61. The second kappa shape index (κ2) is 9.76. The summed E-state index contributed by atoms with van der Waals surface area (Å²) in [5.41, 5.74) is 17.4. The molecule has 0 heterocycles. The molecule has 2 aliphatic rings. The van der Waals surface area contributed by atoms with Gasteiger partial charge in [-0.2, -0.15) is 0 Å². The lowest BCUT2D eigenvalue weighted by molar-refractivity contribution is 1.47. The van der Waals surface area contributed by atoms with Gasteiger partial charge in [-0.1, -0.05) is 164 Å². The van der Waals surface area contributed by atoms with Gasteiger partial charge in [-0.05, 0) is 144 Å². The summed E-state index contributed by atoms with van der Waals surface area (Å²) in [7, 11) is 0. The van der Waals surface area contributed by atoms with E-state index in [0.717, 1.165) is 0 Å². The van der Waals surface area contributed by atoms with Crippen LogP contribution in [0.5, 0.6) is 0 Å². The van der Waals surface area contributed by atoms with Crippen LogP contribution < -0.4 is 0 Å². The van der Waals surface area contributed by atoms with E-state index < -0.39 is 0 Å². The minimum Gasteiger partial charge on any atom is -0.0622 e. The summed E-state index contributed by atoms with van der Waals surface area (Å²) in [6, 6.07) is 61.9. The molecule has 2 aliphatic carbocycles. The molecule has 11 aromatic rings. The maximum Gasteiger partial charge on any atom is -0.000730 e. The van der Waals surface area contributed by atoms with E-state index in [0.29, 0.717) is 0 Å². The van der Waals surface area contributed by atoms with E-state index in [1.807, 2.05) is 0 Å². The van der Waals surface area contributed by atoms with E-state index in [9.17, 15) is 0 Å². The first-order chi connectivity index (χ1) is 26.3. The molecule has 0 bridgehead atoms. The van der Waals surface area contributed by atoms with Gasteiger partial charge in [-0.3, -0.25) is 0 Å². The molecule has 0 amide bonds. The first-order valence-corrected chi connectivity index (χ1v) is 18.7. The summed E-state index contributed by atoms with van der Waals surface area (Å²) in [6.07, 6.45) is 0. The van der Waals surface area contributed by atoms with Crippen molar-refractivity contribution < 1.29 is 0 Å². The Morgan fingerprint density at radius 3 is 1.42 bits per heavy atom. The van der Waals surface area contributed by atoms with Gasteiger partial charge in [-0.15, -0.1) is 0 Å². The highest BCUT2D eigenvalue weighted by atomic mass is 14.4. The molecule has 0 aromatic heterocycles. The van der Waals surface area contributed by atoms with Crippen molar-refractivity contribution in [3.8, 4) is 66.8 Å². The van der Waals surface area contributed by atoms with Gasteiger partial charge in [0.15, 0.2) is 0 Å². The highest BCUT2D eigenvalue weighted by molar-refractivity contribution is 6.41. The third kappa shape index (κ3) is 3.34. The second-order valence-electron chi connectivity index (χ2n) is 15.1. The average molecular weight is 667 g/mol. The van der Waals surface area contributed by atoms with E-state index in [2.05, 4.69) is 171 Å². The number of rotatable bonds is 2. The van der Waals surface area contributed by atoms with Crippen molar-refractivity contribution in [1.82, 2.24) is 0 Å². The van der Waals surface area contributed by atoms with Crippen LogP contribution in [0, 0.1) is 6.92 Å². The highest BCUT2D eigenvalue weighted by Gasteiger charge is 2.33. The summed E-state index contributed by atoms with van der Waals surface area (Å²) in [6.45, 7) is 2.26. The minimum absolute atomic E-state index is 1.26. The molecule has 0 heteroatoms. The van der Waals surface area contributed by atoms with Crippen molar-refractivity contribution in [2.45, 2.75) is 6.92 Å². The van der Waals surface area contributed by atoms with Crippen LogP contribution >= 0.6 is 0 Å². The zero-order valence-electron chi connectivity index (χ0n) is 29.1. The molecule has 0 nitrogen and oxygen atoms in total. The third-order valence-electron chi connectivity index (χ3n) is 12.6. The Bertz CT molecular complexity index is 3410. The third-order valence-corrected chi connectivity index (χ3v) is 12.6. The van der Waals surface area contributed by atoms with E-state index in [1.165, 1.54) is 137 Å². The van der Waals surface area contributed by atoms with Crippen LogP contribution in [0.2, 0.25) is 0 Å². The molecule has 0 saturated heterocycles. The summed E-state index contributed by atoms with van der Waals surface area (Å²) in [5, 5.41) is 16.2. The lowest BCUT2D eigenvalue weighted by Crippen LogP contribution is -1.94. The fraction of sp³-hybridized carbons (Fsp3) is 0.0189. The maximum absolute atomic E-state index is 2.44. The Morgan fingerprint density at radius 2 is 0.736 bits per heavy atom. The molecule has 0 saturated carbocycles. The largest absolute Gasteiger partial charge is 0.0622 e. The van der Waals surface area contributed by atoms with Crippen LogP contribution in [-0.2, 0) is 0 Å². The second-order valence-corrected chi connectivity index (χ2v) is 15.1. The minimum atomic E-state index is 1.26. The maximum atomic E-state index is 2.44. The molecular weight excluding hydrogens is 637 g/mol. The van der Waals surface area contributed by atoms with Crippen molar-refractivity contribution in [3.05, 3.63) is 169 Å².